The number of methoxy groups -OCH3 is 1. The van der Waals surface area contributed by atoms with E-state index in [2.05, 4.69) is 0 Å². The molecule has 5 heteroatoms. The van der Waals surface area contributed by atoms with Gasteiger partial charge in [-0.2, -0.15) is 0 Å². The number of hydrogen-bond donors (Lipinski definition) is 0. The van der Waals surface area contributed by atoms with E-state index in [1.807, 2.05) is 6.08 Å². The Labute approximate surface area is 87.6 Å². The van der Waals surface area contributed by atoms with Gasteiger partial charge in [0.15, 0.2) is 6.73 Å². The second-order valence-corrected chi connectivity index (χ2v) is 3.55. The number of carbonyl (C=O) groups is 2. The maximum Gasteiger partial charge on any atom is 0.307 e. The summed E-state index contributed by atoms with van der Waals surface area (Å²) in [6.45, 7) is 1.77. The normalized spacial score (nSPS) is 27.2. The van der Waals surface area contributed by atoms with Crippen LogP contribution in [0.4, 0.5) is 0 Å². The van der Waals surface area contributed by atoms with Crippen molar-refractivity contribution in [1.82, 2.24) is 4.90 Å². The fourth-order valence-electron chi connectivity index (χ4n) is 1.79. The minimum absolute atomic E-state index is 0.0248. The topological polar surface area (TPSA) is 55.8 Å². The van der Waals surface area contributed by atoms with Crippen LogP contribution >= 0.6 is 0 Å². The predicted octanol–water partition coefficient (Wildman–Crippen LogP) is 0.268. The van der Waals surface area contributed by atoms with E-state index in [0.29, 0.717) is 6.42 Å². The van der Waals surface area contributed by atoms with Crippen LogP contribution in [0.3, 0.4) is 0 Å². The zero-order valence-corrected chi connectivity index (χ0v) is 8.73. The molecule has 0 aromatic heterocycles. The van der Waals surface area contributed by atoms with E-state index in [9.17, 15) is 9.59 Å². The van der Waals surface area contributed by atoms with Crippen molar-refractivity contribution < 1.29 is 19.1 Å². The van der Waals surface area contributed by atoms with Gasteiger partial charge in [-0.25, -0.2) is 0 Å². The van der Waals surface area contributed by atoms with Crippen LogP contribution in [0, 0.1) is 5.92 Å². The molecule has 2 atom stereocenters. The van der Waals surface area contributed by atoms with E-state index in [4.69, 9.17) is 9.47 Å². The van der Waals surface area contributed by atoms with E-state index in [-0.39, 0.29) is 30.6 Å². The van der Waals surface area contributed by atoms with Gasteiger partial charge in [0.2, 0.25) is 5.91 Å². The van der Waals surface area contributed by atoms with Gasteiger partial charge < -0.3 is 14.4 Å². The third-order valence-electron chi connectivity index (χ3n) is 2.78. The van der Waals surface area contributed by atoms with Crippen LogP contribution in [-0.2, 0) is 19.1 Å². The molecule has 0 spiro atoms. The third kappa shape index (κ3) is 1.38. The number of hydrogen-bond acceptors (Lipinski definition) is 4. The summed E-state index contributed by atoms with van der Waals surface area (Å²) >= 11 is 0. The molecule has 15 heavy (non-hydrogen) atoms. The first kappa shape index (κ1) is 10.0. The Bertz CT molecular complexity index is 336. The Hall–Kier alpha value is -1.52. The van der Waals surface area contributed by atoms with Gasteiger partial charge >= 0.3 is 5.97 Å². The number of fused-ring (bicyclic) bond motifs is 1. The van der Waals surface area contributed by atoms with Crippen molar-refractivity contribution in [2.75, 3.05) is 13.8 Å². The number of esters is 1. The lowest BCUT2D eigenvalue weighted by Crippen LogP contribution is -2.65. The molecular weight excluding hydrogens is 198 g/mol. The van der Waals surface area contributed by atoms with Crippen LogP contribution in [0.1, 0.15) is 13.3 Å². The quantitative estimate of drug-likeness (QED) is 0.494. The summed E-state index contributed by atoms with van der Waals surface area (Å²) in [5, 5.41) is 0. The van der Waals surface area contributed by atoms with Gasteiger partial charge in [0.25, 0.3) is 0 Å². The Morgan fingerprint density at radius 2 is 2.33 bits per heavy atom. The molecule has 1 aliphatic heterocycles. The molecule has 0 N–H and O–H groups in total. The van der Waals surface area contributed by atoms with E-state index < -0.39 is 0 Å². The number of ether oxygens (including phenoxy) is 2. The predicted molar refractivity (Wildman–Crippen MR) is 50.5 cm³/mol. The molecule has 1 fully saturated rings. The average Bonchev–Trinajstić information content (AvgIpc) is 2.21. The molecule has 1 amide bonds. The van der Waals surface area contributed by atoms with Crippen LogP contribution < -0.4 is 0 Å². The Kier molecular flexibility index (Phi) is 2.38. The maximum absolute atomic E-state index is 11.5. The van der Waals surface area contributed by atoms with Gasteiger partial charge in [-0.05, 0) is 6.08 Å². The minimum Gasteiger partial charge on any atom is -0.500 e. The number of likely N-dealkylation sites (tertiary alicyclic amines) is 1. The van der Waals surface area contributed by atoms with Gasteiger partial charge in [0, 0.05) is 6.42 Å². The molecule has 0 aromatic rings. The highest BCUT2D eigenvalue weighted by molar-refractivity contribution is 5.92. The number of nitrogens with zero attached hydrogens (tertiary/aromatic N) is 1. The highest BCUT2D eigenvalue weighted by Gasteiger charge is 2.55. The van der Waals surface area contributed by atoms with Gasteiger partial charge in [-0.3, -0.25) is 9.59 Å². The average molecular weight is 211 g/mol. The molecule has 82 valence electrons. The minimum atomic E-state index is -0.290. The largest absolute Gasteiger partial charge is 0.500 e. The lowest BCUT2D eigenvalue weighted by molar-refractivity contribution is -0.172. The van der Waals surface area contributed by atoms with Crippen molar-refractivity contribution in [3.63, 3.8) is 0 Å². The van der Waals surface area contributed by atoms with Gasteiger partial charge in [-0.15, -0.1) is 0 Å². The lowest BCUT2D eigenvalue weighted by Gasteiger charge is -2.50. The third-order valence-corrected chi connectivity index (χ3v) is 2.78. The number of β-lactam (4-membered cyclic amide) rings is 1. The van der Waals surface area contributed by atoms with Crippen LogP contribution in [0.15, 0.2) is 11.8 Å². The Balaban J connectivity index is 1.85. The summed E-state index contributed by atoms with van der Waals surface area (Å²) in [5.74, 6) is 0.281. The summed E-state index contributed by atoms with van der Waals surface area (Å²) < 4.78 is 9.87. The van der Waals surface area contributed by atoms with Crippen molar-refractivity contribution in [1.29, 1.82) is 0 Å². The highest BCUT2D eigenvalue weighted by Crippen LogP contribution is 2.42. The molecule has 0 bridgehead atoms. The van der Waals surface area contributed by atoms with E-state index in [0.717, 1.165) is 5.76 Å². The molecule has 2 rings (SSSR count). The molecular formula is C10H13NO4. The van der Waals surface area contributed by atoms with E-state index in [1.54, 1.807) is 14.0 Å². The lowest BCUT2D eigenvalue weighted by atomic mass is 9.76. The number of carbonyl (C=O) groups excluding carboxylic acids is 2. The summed E-state index contributed by atoms with van der Waals surface area (Å²) in [6.07, 6.45) is 2.20. The molecule has 1 saturated heterocycles. The maximum atomic E-state index is 11.5. The van der Waals surface area contributed by atoms with Gasteiger partial charge in [0.05, 0.1) is 13.2 Å². The fraction of sp³-hybridized carbons (Fsp3) is 0.600. The smallest absolute Gasteiger partial charge is 0.307 e. The molecule has 1 aliphatic carbocycles. The second kappa shape index (κ2) is 3.56. The van der Waals surface area contributed by atoms with Gasteiger partial charge in [0.1, 0.15) is 11.7 Å². The Morgan fingerprint density at radius 3 is 2.87 bits per heavy atom. The monoisotopic (exact) mass is 211 g/mol. The SMILES string of the molecule is CCC(=O)OCN1C(=O)C2C(OC)=CC21. The zero-order valence-electron chi connectivity index (χ0n) is 8.73. The van der Waals surface area contributed by atoms with Gasteiger partial charge in [-0.1, -0.05) is 6.92 Å². The number of amides is 1. The molecule has 1 heterocycles. The summed E-state index contributed by atoms with van der Waals surface area (Å²) in [6, 6.07) is 0.0668. The van der Waals surface area contributed by atoms with Crippen molar-refractivity contribution in [3.8, 4) is 0 Å². The summed E-state index contributed by atoms with van der Waals surface area (Å²) in [5.41, 5.74) is 0. The van der Waals surface area contributed by atoms with Crippen LogP contribution in [0.5, 0.6) is 0 Å². The van der Waals surface area contributed by atoms with Crippen molar-refractivity contribution in [2.24, 2.45) is 5.92 Å². The molecule has 5 nitrogen and oxygen atoms in total. The van der Waals surface area contributed by atoms with Crippen molar-refractivity contribution in [2.45, 2.75) is 19.4 Å². The second-order valence-electron chi connectivity index (χ2n) is 3.55. The Morgan fingerprint density at radius 1 is 1.60 bits per heavy atom. The summed E-state index contributed by atoms with van der Waals surface area (Å²) in [4.78, 5) is 23.9. The van der Waals surface area contributed by atoms with Crippen LogP contribution in [0.2, 0.25) is 0 Å². The standard InChI is InChI=1S/C10H13NO4/c1-3-8(12)15-5-11-6-4-7(14-2)9(6)10(11)13/h4,6,9H,3,5H2,1-2H3. The first-order chi connectivity index (χ1) is 7.19. The molecule has 0 saturated carbocycles. The molecule has 2 unspecified atom stereocenters. The van der Waals surface area contributed by atoms with Crippen LogP contribution in [0.25, 0.3) is 0 Å². The first-order valence-corrected chi connectivity index (χ1v) is 4.90. The molecule has 2 aliphatic rings. The summed E-state index contributed by atoms with van der Waals surface area (Å²) in [7, 11) is 1.55. The van der Waals surface area contributed by atoms with E-state index in [1.165, 1.54) is 4.90 Å². The fourth-order valence-corrected chi connectivity index (χ4v) is 1.79. The van der Waals surface area contributed by atoms with E-state index >= 15 is 0 Å². The molecule has 0 radical (unpaired) electrons. The first-order valence-electron chi connectivity index (χ1n) is 4.90. The van der Waals surface area contributed by atoms with Crippen molar-refractivity contribution in [3.05, 3.63) is 11.8 Å². The number of rotatable bonds is 4. The zero-order chi connectivity index (χ0) is 11.0. The highest BCUT2D eigenvalue weighted by atomic mass is 16.5. The molecule has 0 aromatic carbocycles. The van der Waals surface area contributed by atoms with Crippen LogP contribution in [-0.4, -0.2) is 36.7 Å². The van der Waals surface area contributed by atoms with Crippen molar-refractivity contribution >= 4 is 11.9 Å².